The number of hydrogen-bond donors (Lipinski definition) is 1. The second-order valence-corrected chi connectivity index (χ2v) is 9.02. The Bertz CT molecular complexity index is 1190. The molecule has 174 valence electrons. The van der Waals surface area contributed by atoms with Crippen molar-refractivity contribution in [3.63, 3.8) is 0 Å². The van der Waals surface area contributed by atoms with Gasteiger partial charge in [0.1, 0.15) is 11.4 Å². The Morgan fingerprint density at radius 3 is 2.03 bits per heavy atom. The Balaban J connectivity index is 1.69. The zero-order valence-electron chi connectivity index (χ0n) is 20.0. The minimum Gasteiger partial charge on any atom is -0.491 e. The molecule has 34 heavy (non-hydrogen) atoms. The van der Waals surface area contributed by atoms with Crippen LogP contribution in [0.3, 0.4) is 0 Å². The molecule has 1 heterocycles. The summed E-state index contributed by atoms with van der Waals surface area (Å²) in [4.78, 5) is 28.3. The highest BCUT2D eigenvalue weighted by Crippen LogP contribution is 2.32. The maximum Gasteiger partial charge on any atom is 0.278 e. The highest BCUT2D eigenvalue weighted by atomic mass is 16.5. The van der Waals surface area contributed by atoms with Crippen LogP contribution in [0.4, 0.5) is 5.69 Å². The Morgan fingerprint density at radius 2 is 1.44 bits per heavy atom. The Labute approximate surface area is 201 Å². The first-order valence-corrected chi connectivity index (χ1v) is 11.6. The zero-order chi connectivity index (χ0) is 24.2. The molecule has 2 amide bonds. The lowest BCUT2D eigenvalue weighted by Crippen LogP contribution is -2.31. The van der Waals surface area contributed by atoms with Gasteiger partial charge in [0.2, 0.25) is 0 Å². The fourth-order valence-electron chi connectivity index (χ4n) is 3.94. The van der Waals surface area contributed by atoms with E-state index in [1.807, 2.05) is 92.7 Å². The van der Waals surface area contributed by atoms with Crippen LogP contribution in [0.1, 0.15) is 50.3 Å². The predicted octanol–water partition coefficient (Wildman–Crippen LogP) is 5.99. The Hall–Kier alpha value is -3.86. The largest absolute Gasteiger partial charge is 0.491 e. The van der Waals surface area contributed by atoms with Gasteiger partial charge < -0.3 is 10.1 Å². The van der Waals surface area contributed by atoms with Gasteiger partial charge in [0.15, 0.2) is 0 Å². The first-order valence-electron chi connectivity index (χ1n) is 11.6. The molecule has 4 rings (SSSR count). The van der Waals surface area contributed by atoms with E-state index in [2.05, 4.69) is 19.2 Å². The lowest BCUT2D eigenvalue weighted by Gasteiger charge is -2.15. The van der Waals surface area contributed by atoms with Gasteiger partial charge in [-0.2, -0.15) is 0 Å². The van der Waals surface area contributed by atoms with Gasteiger partial charge in [-0.1, -0.05) is 68.4 Å². The number of nitrogens with one attached hydrogen (secondary N) is 1. The number of amides is 2. The summed E-state index contributed by atoms with van der Waals surface area (Å²) in [5.41, 5.74) is 4.19. The summed E-state index contributed by atoms with van der Waals surface area (Å²) in [6, 6.07) is 24.8. The van der Waals surface area contributed by atoms with Crippen LogP contribution in [0.2, 0.25) is 0 Å². The quantitative estimate of drug-likeness (QED) is 0.425. The van der Waals surface area contributed by atoms with Gasteiger partial charge in [-0.3, -0.25) is 14.5 Å². The van der Waals surface area contributed by atoms with Crippen molar-refractivity contribution in [1.29, 1.82) is 0 Å². The van der Waals surface area contributed by atoms with Crippen molar-refractivity contribution in [1.82, 2.24) is 4.90 Å². The number of hydrogen-bond acceptors (Lipinski definition) is 4. The average Bonchev–Trinajstić information content (AvgIpc) is 3.04. The molecule has 0 spiro atoms. The third kappa shape index (κ3) is 5.04. The maximum absolute atomic E-state index is 13.5. The van der Waals surface area contributed by atoms with E-state index in [0.29, 0.717) is 17.1 Å². The van der Waals surface area contributed by atoms with Gasteiger partial charge >= 0.3 is 0 Å². The van der Waals surface area contributed by atoms with Crippen molar-refractivity contribution in [2.45, 2.75) is 46.3 Å². The SMILES string of the molecule is CC(C)Oc1ccc(C2=C(Nc3ccc(C(C)C)cc3)C(=O)N(Cc3ccccc3)C2=O)cc1. The van der Waals surface area contributed by atoms with Crippen molar-refractivity contribution >= 4 is 23.1 Å². The number of rotatable bonds is 8. The highest BCUT2D eigenvalue weighted by molar-refractivity contribution is 6.36. The third-order valence-electron chi connectivity index (χ3n) is 5.71. The van der Waals surface area contributed by atoms with E-state index in [9.17, 15) is 9.59 Å². The zero-order valence-corrected chi connectivity index (χ0v) is 20.0. The molecule has 1 N–H and O–H groups in total. The minimum atomic E-state index is -0.334. The van der Waals surface area contributed by atoms with Gasteiger partial charge in [0.05, 0.1) is 18.2 Å². The van der Waals surface area contributed by atoms with E-state index < -0.39 is 0 Å². The summed E-state index contributed by atoms with van der Waals surface area (Å²) in [5.74, 6) is 0.481. The van der Waals surface area contributed by atoms with Gasteiger partial charge in [0.25, 0.3) is 11.8 Å². The fourth-order valence-corrected chi connectivity index (χ4v) is 3.94. The summed E-state index contributed by atoms with van der Waals surface area (Å²) in [5, 5.41) is 3.23. The van der Waals surface area contributed by atoms with Crippen LogP contribution in [-0.2, 0) is 16.1 Å². The van der Waals surface area contributed by atoms with Crippen molar-refractivity contribution in [3.05, 3.63) is 101 Å². The predicted molar refractivity (Wildman–Crippen MR) is 135 cm³/mol. The molecule has 0 unspecified atom stereocenters. The molecule has 0 bridgehead atoms. The van der Waals surface area contributed by atoms with E-state index >= 15 is 0 Å². The summed E-state index contributed by atoms with van der Waals surface area (Å²) < 4.78 is 5.74. The molecule has 5 heteroatoms. The van der Waals surface area contributed by atoms with E-state index in [0.717, 1.165) is 17.0 Å². The lowest BCUT2D eigenvalue weighted by molar-refractivity contribution is -0.137. The molecule has 1 aliphatic rings. The topological polar surface area (TPSA) is 58.6 Å². The Morgan fingerprint density at radius 1 is 0.794 bits per heavy atom. The molecule has 3 aromatic rings. The van der Waals surface area contributed by atoms with E-state index in [4.69, 9.17) is 4.74 Å². The first-order chi connectivity index (χ1) is 16.3. The maximum atomic E-state index is 13.5. The molecule has 5 nitrogen and oxygen atoms in total. The van der Waals surface area contributed by atoms with Crippen LogP contribution in [0.15, 0.2) is 84.6 Å². The normalized spacial score (nSPS) is 13.9. The second kappa shape index (κ2) is 9.96. The van der Waals surface area contributed by atoms with E-state index in [1.165, 1.54) is 10.5 Å². The van der Waals surface area contributed by atoms with Gasteiger partial charge in [-0.25, -0.2) is 0 Å². The minimum absolute atomic E-state index is 0.0483. The average molecular weight is 455 g/mol. The summed E-state index contributed by atoms with van der Waals surface area (Å²) in [7, 11) is 0. The van der Waals surface area contributed by atoms with Crippen molar-refractivity contribution in [3.8, 4) is 5.75 Å². The molecule has 0 aromatic heterocycles. The standard InChI is InChI=1S/C29H30N2O3/c1-19(2)22-10-14-24(15-11-22)30-27-26(23-12-16-25(17-13-23)34-20(3)4)28(32)31(29(27)33)18-21-8-6-5-7-9-21/h5-17,19-20,30H,18H2,1-4H3. The molecule has 1 aliphatic heterocycles. The summed E-state index contributed by atoms with van der Waals surface area (Å²) in [6.45, 7) is 8.41. The molecular weight excluding hydrogens is 424 g/mol. The molecule has 0 atom stereocenters. The Kier molecular flexibility index (Phi) is 6.82. The highest BCUT2D eigenvalue weighted by Gasteiger charge is 2.39. The fraction of sp³-hybridized carbons (Fsp3) is 0.241. The number of imide groups is 1. The summed E-state index contributed by atoms with van der Waals surface area (Å²) in [6.07, 6.45) is 0.0483. The number of carbonyl (C=O) groups is 2. The summed E-state index contributed by atoms with van der Waals surface area (Å²) >= 11 is 0. The van der Waals surface area contributed by atoms with Crippen molar-refractivity contribution in [2.75, 3.05) is 5.32 Å². The molecule has 0 saturated heterocycles. The monoisotopic (exact) mass is 454 g/mol. The smallest absolute Gasteiger partial charge is 0.278 e. The third-order valence-corrected chi connectivity index (χ3v) is 5.71. The van der Waals surface area contributed by atoms with E-state index in [1.54, 1.807) is 0 Å². The second-order valence-electron chi connectivity index (χ2n) is 9.02. The van der Waals surface area contributed by atoms with Crippen LogP contribution in [-0.4, -0.2) is 22.8 Å². The van der Waals surface area contributed by atoms with Crippen molar-refractivity contribution in [2.24, 2.45) is 0 Å². The number of anilines is 1. The molecule has 0 saturated carbocycles. The molecule has 0 fully saturated rings. The van der Waals surface area contributed by atoms with Gasteiger partial charge in [-0.15, -0.1) is 0 Å². The van der Waals surface area contributed by atoms with Crippen molar-refractivity contribution < 1.29 is 14.3 Å². The van der Waals surface area contributed by atoms with Crippen LogP contribution in [0.5, 0.6) is 5.75 Å². The number of benzene rings is 3. The number of carbonyl (C=O) groups excluding carboxylic acids is 2. The van der Waals surface area contributed by atoms with Crippen LogP contribution >= 0.6 is 0 Å². The van der Waals surface area contributed by atoms with Crippen LogP contribution < -0.4 is 10.1 Å². The number of ether oxygens (including phenoxy) is 1. The molecule has 0 aliphatic carbocycles. The lowest BCUT2D eigenvalue weighted by atomic mass is 10.0. The number of nitrogens with zero attached hydrogens (tertiary/aromatic N) is 1. The molecule has 0 radical (unpaired) electrons. The first kappa shape index (κ1) is 23.3. The molecular formula is C29H30N2O3. The van der Waals surface area contributed by atoms with E-state index in [-0.39, 0.29) is 30.2 Å². The molecule has 3 aromatic carbocycles. The van der Waals surface area contributed by atoms with Crippen LogP contribution in [0, 0.1) is 0 Å². The van der Waals surface area contributed by atoms with Gasteiger partial charge in [-0.05, 0) is 60.7 Å². The van der Waals surface area contributed by atoms with Crippen LogP contribution in [0.25, 0.3) is 5.57 Å². The van der Waals surface area contributed by atoms with Gasteiger partial charge in [0, 0.05) is 5.69 Å².